The number of anilines is 1. The Hall–Kier alpha value is -0.870. The summed E-state index contributed by atoms with van der Waals surface area (Å²) in [7, 11) is 0. The first kappa shape index (κ1) is 12.2. The molecule has 2 N–H and O–H groups in total. The van der Waals surface area contributed by atoms with Crippen LogP contribution in [-0.2, 0) is 0 Å². The lowest BCUT2D eigenvalue weighted by molar-refractivity contribution is 0.0697. The van der Waals surface area contributed by atoms with Gasteiger partial charge in [-0.05, 0) is 24.5 Å². The van der Waals surface area contributed by atoms with Crippen molar-refractivity contribution >= 4 is 35.0 Å². The molecule has 3 nitrogen and oxygen atoms in total. The van der Waals surface area contributed by atoms with Crippen LogP contribution in [0.15, 0.2) is 18.2 Å². The Morgan fingerprint density at radius 2 is 2.33 bits per heavy atom. The highest BCUT2D eigenvalue weighted by Gasteiger charge is 2.06. The minimum Gasteiger partial charge on any atom is -0.478 e. The first-order valence-electron chi connectivity index (χ1n) is 4.41. The summed E-state index contributed by atoms with van der Waals surface area (Å²) in [6.07, 6.45) is 2.02. The quantitative estimate of drug-likeness (QED) is 0.784. The fourth-order valence-electron chi connectivity index (χ4n) is 1.08. The molecule has 0 fully saturated rings. The van der Waals surface area contributed by atoms with Gasteiger partial charge in [0.25, 0.3) is 0 Å². The van der Waals surface area contributed by atoms with E-state index in [9.17, 15) is 4.79 Å². The van der Waals surface area contributed by atoms with Gasteiger partial charge in [-0.3, -0.25) is 0 Å². The van der Waals surface area contributed by atoms with Crippen LogP contribution in [0.25, 0.3) is 0 Å². The summed E-state index contributed by atoms with van der Waals surface area (Å²) in [5.74, 6) is 0.0179. The normalized spacial score (nSPS) is 10.0. The standard InChI is InChI=1S/C10H12ClNO2S/c1-15-5-4-12-9-3-2-7(10(13)14)6-8(9)11/h2-3,6,12H,4-5H2,1H3,(H,13,14). The smallest absolute Gasteiger partial charge is 0.335 e. The first-order chi connectivity index (χ1) is 7.15. The zero-order valence-corrected chi connectivity index (χ0v) is 9.86. The summed E-state index contributed by atoms with van der Waals surface area (Å²) in [6, 6.07) is 4.67. The van der Waals surface area contributed by atoms with E-state index in [0.29, 0.717) is 5.02 Å². The van der Waals surface area contributed by atoms with Crippen molar-refractivity contribution in [2.24, 2.45) is 0 Å². The highest BCUT2D eigenvalue weighted by molar-refractivity contribution is 7.98. The summed E-state index contributed by atoms with van der Waals surface area (Å²) < 4.78 is 0. The molecule has 1 aromatic rings. The highest BCUT2D eigenvalue weighted by Crippen LogP contribution is 2.22. The monoisotopic (exact) mass is 245 g/mol. The number of halogens is 1. The van der Waals surface area contributed by atoms with Crippen molar-refractivity contribution in [3.63, 3.8) is 0 Å². The van der Waals surface area contributed by atoms with Crippen molar-refractivity contribution in [1.29, 1.82) is 0 Å². The van der Waals surface area contributed by atoms with Gasteiger partial charge in [0.1, 0.15) is 0 Å². The van der Waals surface area contributed by atoms with Gasteiger partial charge in [-0.2, -0.15) is 11.8 Å². The third-order valence-electron chi connectivity index (χ3n) is 1.84. The number of carboxylic acid groups (broad SMARTS) is 1. The predicted octanol–water partition coefficient (Wildman–Crippen LogP) is 2.81. The predicted molar refractivity (Wildman–Crippen MR) is 65.3 cm³/mol. The zero-order valence-electron chi connectivity index (χ0n) is 8.29. The average Bonchev–Trinajstić information content (AvgIpc) is 2.20. The summed E-state index contributed by atoms with van der Waals surface area (Å²) in [5, 5.41) is 12.3. The van der Waals surface area contributed by atoms with E-state index >= 15 is 0 Å². The van der Waals surface area contributed by atoms with Crippen LogP contribution in [0.5, 0.6) is 0 Å². The molecular formula is C10H12ClNO2S. The molecule has 0 radical (unpaired) electrons. The SMILES string of the molecule is CSCCNc1ccc(C(=O)O)cc1Cl. The van der Waals surface area contributed by atoms with E-state index in [2.05, 4.69) is 5.32 Å². The van der Waals surface area contributed by atoms with Crippen LogP contribution in [0.2, 0.25) is 5.02 Å². The number of nitrogens with one attached hydrogen (secondary N) is 1. The Morgan fingerprint density at radius 1 is 1.60 bits per heavy atom. The molecule has 0 heterocycles. The van der Waals surface area contributed by atoms with Crippen LogP contribution in [0.4, 0.5) is 5.69 Å². The Bertz CT molecular complexity index is 357. The second-order valence-electron chi connectivity index (χ2n) is 2.92. The van der Waals surface area contributed by atoms with Crippen LogP contribution in [-0.4, -0.2) is 29.6 Å². The van der Waals surface area contributed by atoms with Crippen molar-refractivity contribution in [3.8, 4) is 0 Å². The minimum absolute atomic E-state index is 0.204. The maximum atomic E-state index is 10.6. The van der Waals surface area contributed by atoms with E-state index in [1.54, 1.807) is 17.8 Å². The molecule has 0 aliphatic rings. The molecule has 0 aromatic heterocycles. The molecular weight excluding hydrogens is 234 g/mol. The number of rotatable bonds is 5. The number of benzene rings is 1. The Labute approximate surface area is 97.8 Å². The van der Waals surface area contributed by atoms with Gasteiger partial charge >= 0.3 is 5.97 Å². The van der Waals surface area contributed by atoms with Crippen molar-refractivity contribution in [2.45, 2.75) is 0 Å². The largest absolute Gasteiger partial charge is 0.478 e. The first-order valence-corrected chi connectivity index (χ1v) is 6.18. The number of thioether (sulfide) groups is 1. The van der Waals surface area contributed by atoms with Gasteiger partial charge in [-0.15, -0.1) is 0 Å². The maximum absolute atomic E-state index is 10.6. The van der Waals surface area contributed by atoms with E-state index in [0.717, 1.165) is 18.0 Å². The molecule has 0 spiro atoms. The number of hydrogen-bond acceptors (Lipinski definition) is 3. The number of hydrogen-bond donors (Lipinski definition) is 2. The van der Waals surface area contributed by atoms with Crippen LogP contribution in [0.1, 0.15) is 10.4 Å². The van der Waals surface area contributed by atoms with E-state index in [4.69, 9.17) is 16.7 Å². The summed E-state index contributed by atoms with van der Waals surface area (Å²) in [5.41, 5.74) is 0.978. The molecule has 15 heavy (non-hydrogen) atoms. The van der Waals surface area contributed by atoms with E-state index in [-0.39, 0.29) is 5.56 Å². The van der Waals surface area contributed by atoms with Crippen molar-refractivity contribution in [3.05, 3.63) is 28.8 Å². The third kappa shape index (κ3) is 3.64. The average molecular weight is 246 g/mol. The third-order valence-corrected chi connectivity index (χ3v) is 2.76. The minimum atomic E-state index is -0.965. The van der Waals surface area contributed by atoms with Crippen LogP contribution in [0.3, 0.4) is 0 Å². The second-order valence-corrected chi connectivity index (χ2v) is 4.31. The van der Waals surface area contributed by atoms with Gasteiger partial charge in [0, 0.05) is 12.3 Å². The molecule has 0 unspecified atom stereocenters. The fourth-order valence-corrected chi connectivity index (χ4v) is 1.63. The summed E-state index contributed by atoms with van der Waals surface area (Å²) >= 11 is 7.65. The van der Waals surface area contributed by atoms with Gasteiger partial charge in [0.2, 0.25) is 0 Å². The molecule has 0 atom stereocenters. The van der Waals surface area contributed by atoms with Gasteiger partial charge < -0.3 is 10.4 Å². The van der Waals surface area contributed by atoms with E-state index in [1.807, 2.05) is 6.26 Å². The Balaban J connectivity index is 2.70. The molecule has 82 valence electrons. The second kappa shape index (κ2) is 5.88. The molecule has 0 saturated carbocycles. The molecule has 0 saturated heterocycles. The van der Waals surface area contributed by atoms with Crippen molar-refractivity contribution in [2.75, 3.05) is 23.9 Å². The molecule has 1 rings (SSSR count). The number of carbonyl (C=O) groups is 1. The van der Waals surface area contributed by atoms with E-state index < -0.39 is 5.97 Å². The number of aromatic carboxylic acids is 1. The van der Waals surface area contributed by atoms with Crippen molar-refractivity contribution in [1.82, 2.24) is 0 Å². The van der Waals surface area contributed by atoms with Gasteiger partial charge in [0.05, 0.1) is 16.3 Å². The Morgan fingerprint density at radius 3 is 2.87 bits per heavy atom. The Kier molecular flexibility index (Phi) is 4.78. The lowest BCUT2D eigenvalue weighted by Gasteiger charge is -2.07. The maximum Gasteiger partial charge on any atom is 0.335 e. The summed E-state index contributed by atoms with van der Waals surface area (Å²) in [6.45, 7) is 0.813. The lowest BCUT2D eigenvalue weighted by atomic mass is 10.2. The number of carboxylic acids is 1. The summed E-state index contributed by atoms with van der Waals surface area (Å²) in [4.78, 5) is 10.6. The molecule has 0 amide bonds. The molecule has 0 aliphatic carbocycles. The van der Waals surface area contributed by atoms with Gasteiger partial charge in [-0.25, -0.2) is 4.79 Å². The van der Waals surface area contributed by atoms with Gasteiger partial charge in [-0.1, -0.05) is 11.6 Å². The van der Waals surface area contributed by atoms with E-state index in [1.165, 1.54) is 12.1 Å². The lowest BCUT2D eigenvalue weighted by Crippen LogP contribution is -2.05. The van der Waals surface area contributed by atoms with Crippen molar-refractivity contribution < 1.29 is 9.90 Å². The van der Waals surface area contributed by atoms with Crippen LogP contribution >= 0.6 is 23.4 Å². The van der Waals surface area contributed by atoms with Gasteiger partial charge in [0.15, 0.2) is 0 Å². The van der Waals surface area contributed by atoms with Crippen LogP contribution < -0.4 is 5.32 Å². The highest BCUT2D eigenvalue weighted by atomic mass is 35.5. The zero-order chi connectivity index (χ0) is 11.3. The molecule has 5 heteroatoms. The molecule has 0 bridgehead atoms. The molecule has 1 aromatic carbocycles. The topological polar surface area (TPSA) is 49.3 Å². The fraction of sp³-hybridized carbons (Fsp3) is 0.300. The van der Waals surface area contributed by atoms with Crippen LogP contribution in [0, 0.1) is 0 Å². The molecule has 0 aliphatic heterocycles.